The molecule has 2 nitrogen and oxygen atoms in total. The molecule has 0 aliphatic carbocycles. The topological polar surface area (TPSA) is 29.1 Å². The van der Waals surface area contributed by atoms with E-state index in [0.29, 0.717) is 11.3 Å². The van der Waals surface area contributed by atoms with Gasteiger partial charge in [0.05, 0.1) is 0 Å². The Labute approximate surface area is 130 Å². The van der Waals surface area contributed by atoms with Crippen molar-refractivity contribution in [1.82, 2.24) is 0 Å². The Morgan fingerprint density at radius 1 is 1.00 bits per heavy atom. The lowest BCUT2D eigenvalue weighted by Crippen LogP contribution is -2.12. The Morgan fingerprint density at radius 2 is 1.64 bits per heavy atom. The molecule has 0 aliphatic rings. The van der Waals surface area contributed by atoms with Crippen molar-refractivity contribution in [1.29, 1.82) is 0 Å². The molecule has 0 bridgehead atoms. The van der Waals surface area contributed by atoms with Crippen molar-refractivity contribution in [3.63, 3.8) is 0 Å². The minimum absolute atomic E-state index is 0.0511. The zero-order chi connectivity index (χ0) is 16.3. The van der Waals surface area contributed by atoms with Gasteiger partial charge in [0.25, 0.3) is 5.91 Å². The van der Waals surface area contributed by atoms with Crippen molar-refractivity contribution in [3.05, 3.63) is 59.2 Å². The zero-order valence-electron chi connectivity index (χ0n) is 12.0. The molecule has 1 N–H and O–H groups in total. The number of benzene rings is 2. The van der Waals surface area contributed by atoms with Crippen LogP contribution in [0.5, 0.6) is 0 Å². The van der Waals surface area contributed by atoms with Crippen molar-refractivity contribution in [3.8, 4) is 0 Å². The van der Waals surface area contributed by atoms with Gasteiger partial charge in [-0.2, -0.15) is 13.2 Å². The molecule has 0 spiro atoms. The Kier molecular flexibility index (Phi) is 4.81. The molecule has 0 aromatic heterocycles. The maximum absolute atomic E-state index is 12.2. The molecule has 116 valence electrons. The SMILES string of the molecule is Cc1ccc(NC(=O)c2ccc(SC(F)(F)F)cc2)cc1C. The van der Waals surface area contributed by atoms with Crippen molar-refractivity contribution in [2.24, 2.45) is 0 Å². The van der Waals surface area contributed by atoms with Crippen LogP contribution in [-0.4, -0.2) is 11.4 Å². The summed E-state index contributed by atoms with van der Waals surface area (Å²) in [5.41, 5.74) is -1.20. The largest absolute Gasteiger partial charge is 0.446 e. The second kappa shape index (κ2) is 6.44. The maximum Gasteiger partial charge on any atom is 0.446 e. The fourth-order valence-corrected chi connectivity index (χ4v) is 2.37. The molecule has 0 aliphatic heterocycles. The summed E-state index contributed by atoms with van der Waals surface area (Å²) in [5.74, 6) is -0.355. The number of hydrogen-bond acceptors (Lipinski definition) is 2. The summed E-state index contributed by atoms with van der Waals surface area (Å²) in [6.45, 7) is 3.91. The molecule has 0 radical (unpaired) electrons. The smallest absolute Gasteiger partial charge is 0.322 e. The molecule has 6 heteroatoms. The molecule has 0 unspecified atom stereocenters. The van der Waals surface area contributed by atoms with Crippen LogP contribution in [0, 0.1) is 13.8 Å². The Morgan fingerprint density at radius 3 is 2.18 bits per heavy atom. The van der Waals surface area contributed by atoms with E-state index < -0.39 is 5.51 Å². The standard InChI is InChI=1S/C16H14F3NOS/c1-10-3-6-13(9-11(10)2)20-15(21)12-4-7-14(8-5-12)22-16(17,18)19/h3-9H,1-2H3,(H,20,21). The number of carbonyl (C=O) groups is 1. The summed E-state index contributed by atoms with van der Waals surface area (Å²) in [7, 11) is 0. The normalized spacial score (nSPS) is 11.3. The van der Waals surface area contributed by atoms with Gasteiger partial charge in [0, 0.05) is 16.1 Å². The van der Waals surface area contributed by atoms with Gasteiger partial charge in [-0.25, -0.2) is 0 Å². The van der Waals surface area contributed by atoms with Crippen molar-refractivity contribution >= 4 is 23.4 Å². The van der Waals surface area contributed by atoms with Crippen LogP contribution in [0.15, 0.2) is 47.4 Å². The Bertz CT molecular complexity index is 681. The first-order chi connectivity index (χ1) is 10.2. The monoisotopic (exact) mass is 325 g/mol. The maximum atomic E-state index is 12.2. The van der Waals surface area contributed by atoms with E-state index in [4.69, 9.17) is 0 Å². The highest BCUT2D eigenvalue weighted by molar-refractivity contribution is 8.00. The predicted molar refractivity (Wildman–Crippen MR) is 82.2 cm³/mol. The molecule has 0 fully saturated rings. The van der Waals surface area contributed by atoms with E-state index >= 15 is 0 Å². The van der Waals surface area contributed by atoms with Gasteiger partial charge in [-0.05, 0) is 73.1 Å². The third kappa shape index (κ3) is 4.53. The molecular weight excluding hydrogens is 311 g/mol. The summed E-state index contributed by atoms with van der Waals surface area (Å²) in [6, 6.07) is 10.9. The Balaban J connectivity index is 2.08. The fraction of sp³-hybridized carbons (Fsp3) is 0.188. The van der Waals surface area contributed by atoms with E-state index in [2.05, 4.69) is 5.32 Å². The highest BCUT2D eigenvalue weighted by atomic mass is 32.2. The molecule has 2 aromatic carbocycles. The van der Waals surface area contributed by atoms with E-state index in [-0.39, 0.29) is 22.6 Å². The molecule has 1 amide bonds. The van der Waals surface area contributed by atoms with Gasteiger partial charge in [-0.15, -0.1) is 0 Å². The molecule has 0 heterocycles. The quantitative estimate of drug-likeness (QED) is 0.789. The lowest BCUT2D eigenvalue weighted by atomic mass is 10.1. The minimum Gasteiger partial charge on any atom is -0.322 e. The molecule has 2 rings (SSSR count). The third-order valence-corrected chi connectivity index (χ3v) is 3.85. The summed E-state index contributed by atoms with van der Waals surface area (Å²) in [5, 5.41) is 2.73. The van der Waals surface area contributed by atoms with Gasteiger partial charge >= 0.3 is 5.51 Å². The lowest BCUT2D eigenvalue weighted by molar-refractivity contribution is -0.0328. The highest BCUT2D eigenvalue weighted by Crippen LogP contribution is 2.36. The van der Waals surface area contributed by atoms with Gasteiger partial charge in [-0.3, -0.25) is 4.79 Å². The second-order valence-corrected chi connectivity index (χ2v) is 5.96. The molecule has 22 heavy (non-hydrogen) atoms. The van der Waals surface area contributed by atoms with Crippen LogP contribution in [0.2, 0.25) is 0 Å². The van der Waals surface area contributed by atoms with Crippen LogP contribution < -0.4 is 5.32 Å². The molecule has 0 saturated heterocycles. The van der Waals surface area contributed by atoms with Gasteiger partial charge in [0.2, 0.25) is 0 Å². The number of thioether (sulfide) groups is 1. The van der Waals surface area contributed by atoms with E-state index in [1.807, 2.05) is 26.0 Å². The van der Waals surface area contributed by atoms with Crippen LogP contribution in [0.4, 0.5) is 18.9 Å². The number of nitrogens with one attached hydrogen (secondary N) is 1. The van der Waals surface area contributed by atoms with E-state index in [9.17, 15) is 18.0 Å². The average molecular weight is 325 g/mol. The number of carbonyl (C=O) groups excluding carboxylic acids is 1. The van der Waals surface area contributed by atoms with Gasteiger partial charge in [-0.1, -0.05) is 6.07 Å². The second-order valence-electron chi connectivity index (χ2n) is 4.83. The van der Waals surface area contributed by atoms with Gasteiger partial charge in [0.15, 0.2) is 0 Å². The van der Waals surface area contributed by atoms with Crippen LogP contribution in [0.1, 0.15) is 21.5 Å². The number of alkyl halides is 3. The fourth-order valence-electron chi connectivity index (χ4n) is 1.83. The number of hydrogen-bond donors (Lipinski definition) is 1. The number of amides is 1. The first-order valence-corrected chi connectivity index (χ1v) is 7.31. The number of aryl methyl sites for hydroxylation is 2. The third-order valence-electron chi connectivity index (χ3n) is 3.11. The molecule has 0 saturated carbocycles. The summed E-state index contributed by atoms with van der Waals surface area (Å²) in [6.07, 6.45) is 0. The zero-order valence-corrected chi connectivity index (χ0v) is 12.8. The van der Waals surface area contributed by atoms with Gasteiger partial charge < -0.3 is 5.32 Å². The van der Waals surface area contributed by atoms with E-state index in [1.54, 1.807) is 6.07 Å². The van der Waals surface area contributed by atoms with E-state index in [0.717, 1.165) is 11.1 Å². The van der Waals surface area contributed by atoms with Crippen molar-refractivity contribution in [2.45, 2.75) is 24.3 Å². The molecular formula is C16H14F3NOS. The first-order valence-electron chi connectivity index (χ1n) is 6.49. The van der Waals surface area contributed by atoms with Crippen LogP contribution in [-0.2, 0) is 0 Å². The van der Waals surface area contributed by atoms with Crippen LogP contribution >= 0.6 is 11.8 Å². The van der Waals surface area contributed by atoms with Crippen molar-refractivity contribution < 1.29 is 18.0 Å². The number of anilines is 1. The van der Waals surface area contributed by atoms with Gasteiger partial charge in [0.1, 0.15) is 0 Å². The van der Waals surface area contributed by atoms with Crippen LogP contribution in [0.25, 0.3) is 0 Å². The lowest BCUT2D eigenvalue weighted by Gasteiger charge is -2.09. The first kappa shape index (κ1) is 16.4. The molecule has 2 aromatic rings. The summed E-state index contributed by atoms with van der Waals surface area (Å²) in [4.78, 5) is 12.1. The summed E-state index contributed by atoms with van der Waals surface area (Å²) >= 11 is -0.203. The Hall–Kier alpha value is -1.95. The van der Waals surface area contributed by atoms with Crippen LogP contribution in [0.3, 0.4) is 0 Å². The predicted octanol–water partition coefficient (Wildman–Crippen LogP) is 5.17. The molecule has 0 atom stereocenters. The summed E-state index contributed by atoms with van der Waals surface area (Å²) < 4.78 is 36.7. The minimum atomic E-state index is -4.33. The highest BCUT2D eigenvalue weighted by Gasteiger charge is 2.29. The van der Waals surface area contributed by atoms with E-state index in [1.165, 1.54) is 24.3 Å². The number of halogens is 3. The average Bonchev–Trinajstić information content (AvgIpc) is 2.42. The van der Waals surface area contributed by atoms with Crippen molar-refractivity contribution in [2.75, 3.05) is 5.32 Å². The number of rotatable bonds is 3.